The highest BCUT2D eigenvalue weighted by atomic mass is 32.2. The first kappa shape index (κ1) is 56.0. The average Bonchev–Trinajstić information content (AvgIpc) is 4.09. The summed E-state index contributed by atoms with van der Waals surface area (Å²) in [6.45, 7) is 8.81. The summed E-state index contributed by atoms with van der Waals surface area (Å²) in [5, 5.41) is 19.5. The summed E-state index contributed by atoms with van der Waals surface area (Å²) in [6.07, 6.45) is 6.32. The predicted molar refractivity (Wildman–Crippen MR) is 291 cm³/mol. The lowest BCUT2D eigenvalue weighted by Crippen LogP contribution is -2.47. The van der Waals surface area contributed by atoms with Crippen molar-refractivity contribution in [2.24, 2.45) is 5.92 Å². The third-order valence-corrected chi connectivity index (χ3v) is 13.8. The van der Waals surface area contributed by atoms with Crippen molar-refractivity contribution < 1.29 is 36.7 Å². The molecule has 2 fully saturated rings. The molecule has 0 saturated carbocycles. The maximum Gasteiger partial charge on any atom is 0.274 e. The Labute approximate surface area is 442 Å². The zero-order valence-corrected chi connectivity index (χ0v) is 43.7. The van der Waals surface area contributed by atoms with E-state index >= 15 is 0 Å². The number of thioether (sulfide) groups is 1. The second kappa shape index (κ2) is 29.4. The van der Waals surface area contributed by atoms with Gasteiger partial charge in [0.05, 0.1) is 29.9 Å². The van der Waals surface area contributed by atoms with E-state index in [-0.39, 0.29) is 30.3 Å². The molecule has 75 heavy (non-hydrogen) atoms. The number of furan rings is 1. The summed E-state index contributed by atoms with van der Waals surface area (Å²) >= 11 is 1.72. The molecule has 13 nitrogen and oxygen atoms in total. The van der Waals surface area contributed by atoms with Crippen LogP contribution < -0.4 is 30.2 Å². The minimum Gasteiger partial charge on any atom is -0.493 e. The van der Waals surface area contributed by atoms with Gasteiger partial charge >= 0.3 is 0 Å². The van der Waals surface area contributed by atoms with Crippen molar-refractivity contribution >= 4 is 17.8 Å². The normalized spacial score (nSPS) is 16.8. The van der Waals surface area contributed by atoms with Crippen LogP contribution >= 0.6 is 11.8 Å². The van der Waals surface area contributed by atoms with Crippen LogP contribution in [0.15, 0.2) is 156 Å². The Morgan fingerprint density at radius 1 is 0.853 bits per heavy atom. The maximum absolute atomic E-state index is 13.5. The molecule has 398 valence electrons. The minimum atomic E-state index is -0.485. The molecule has 6 aromatic rings. The predicted octanol–water partition coefficient (Wildman–Crippen LogP) is 10.2. The number of piperidine rings is 1. The van der Waals surface area contributed by atoms with Crippen LogP contribution in [0.5, 0.6) is 17.2 Å². The van der Waals surface area contributed by atoms with Gasteiger partial charge in [-0.15, -0.1) is 0 Å². The number of hydrogen-bond donors (Lipinski definition) is 3. The highest BCUT2D eigenvalue weighted by Crippen LogP contribution is 2.37. The molecular weight excluding hydrogens is 980 g/mol. The van der Waals surface area contributed by atoms with Crippen LogP contribution in [0.2, 0.25) is 0 Å². The van der Waals surface area contributed by atoms with Gasteiger partial charge in [0.25, 0.3) is 6.20 Å². The fraction of sp³-hybridized carbons (Fsp3) is 0.345. The first-order valence-electron chi connectivity index (χ1n) is 25.2. The lowest BCUT2D eigenvalue weighted by molar-refractivity contribution is -0.404. The molecule has 1 aromatic heterocycles. The molecule has 2 saturated heterocycles. The molecule has 2 atom stereocenters. The Morgan fingerprint density at radius 2 is 1.51 bits per heavy atom. The van der Waals surface area contributed by atoms with E-state index < -0.39 is 4.92 Å². The van der Waals surface area contributed by atoms with Gasteiger partial charge in [0.2, 0.25) is 6.79 Å². The number of piperazine rings is 1. The molecule has 3 N–H and O–H groups in total. The van der Waals surface area contributed by atoms with E-state index in [4.69, 9.17) is 18.6 Å². The average molecular weight is 1050 g/mol. The smallest absolute Gasteiger partial charge is 0.274 e. The summed E-state index contributed by atoms with van der Waals surface area (Å²) < 4.78 is 62.5. The van der Waals surface area contributed by atoms with E-state index in [2.05, 4.69) is 54.9 Å². The molecule has 5 aromatic carbocycles. The molecule has 0 bridgehead atoms. The Balaban J connectivity index is 0.000000167. The summed E-state index contributed by atoms with van der Waals surface area (Å²) in [7, 11) is 5.64. The number of nitro groups is 1. The van der Waals surface area contributed by atoms with Crippen LogP contribution in [-0.2, 0) is 12.3 Å². The van der Waals surface area contributed by atoms with Crippen molar-refractivity contribution in [2.45, 2.75) is 30.7 Å². The molecule has 4 heterocycles. The van der Waals surface area contributed by atoms with Crippen LogP contribution in [0.25, 0.3) is 6.08 Å². The second-order valence-electron chi connectivity index (χ2n) is 18.6. The standard InChI is InChI=1S/C26H26F2N2.C19H20FNO3.C13H22N4O3S/c27-24-12-8-22(9-13-24)26(23-10-14-25(28)15-11-23)30-19-17-29(18-20-30)16-4-7-21-5-2-1-3-6-21;20-15-3-1-13(2-4-15)17-7-8-21-10-14(17)11-22-16-5-6-18-19(9-16)24-12-23-18;1-14-13(9-17(18)19)15-6-7-21-10-12-5-4-11(20-12)8-16(2)3/h1-15,26H,16-20H2;1-6,9,14,17,21H,7-8,10-12H2;4-5,9,14-15H,6-8,10H2,1-3H3/b7-4+;;13-9-/t;14-,17-;/m.0./s1. The molecule has 0 amide bonds. The Kier molecular flexibility index (Phi) is 21.9. The van der Waals surface area contributed by atoms with E-state index in [1.54, 1.807) is 18.8 Å². The molecule has 9 rings (SSSR count). The molecule has 0 unspecified atom stereocenters. The first-order valence-corrected chi connectivity index (χ1v) is 26.4. The quantitative estimate of drug-likeness (QED) is 0.0382. The number of rotatable bonds is 20. The van der Waals surface area contributed by atoms with Crippen molar-refractivity contribution in [2.75, 3.05) is 92.7 Å². The number of benzene rings is 5. The van der Waals surface area contributed by atoms with Crippen LogP contribution in [0.4, 0.5) is 13.2 Å². The summed E-state index contributed by atoms with van der Waals surface area (Å²) in [5.74, 6) is 6.25. The summed E-state index contributed by atoms with van der Waals surface area (Å²) in [5.41, 5.74) is 4.45. The number of nitrogens with zero attached hydrogens (tertiary/aromatic N) is 4. The zero-order valence-electron chi connectivity index (χ0n) is 42.8. The highest BCUT2D eigenvalue weighted by molar-refractivity contribution is 7.98. The number of nitrogens with one attached hydrogen (secondary N) is 3. The summed E-state index contributed by atoms with van der Waals surface area (Å²) in [6, 6.07) is 40.1. The Morgan fingerprint density at radius 3 is 2.16 bits per heavy atom. The van der Waals surface area contributed by atoms with Gasteiger partial charge < -0.3 is 39.5 Å². The number of fused-ring (bicyclic) bond motifs is 1. The van der Waals surface area contributed by atoms with Crippen molar-refractivity contribution in [3.63, 3.8) is 0 Å². The monoisotopic (exact) mass is 1050 g/mol. The van der Waals surface area contributed by atoms with Gasteiger partial charge in [0.1, 0.15) is 34.7 Å². The lowest BCUT2D eigenvalue weighted by Gasteiger charge is -2.39. The van der Waals surface area contributed by atoms with Crippen LogP contribution in [0, 0.1) is 33.5 Å². The molecule has 0 radical (unpaired) electrons. The number of hydrogen-bond acceptors (Lipinski definition) is 13. The van der Waals surface area contributed by atoms with Crippen molar-refractivity contribution in [1.29, 1.82) is 0 Å². The van der Waals surface area contributed by atoms with Crippen molar-refractivity contribution in [3.05, 3.63) is 213 Å². The van der Waals surface area contributed by atoms with Crippen LogP contribution in [0.1, 0.15) is 52.2 Å². The molecule has 3 aliphatic heterocycles. The summed E-state index contributed by atoms with van der Waals surface area (Å²) in [4.78, 5) is 16.8. The van der Waals surface area contributed by atoms with Crippen molar-refractivity contribution in [1.82, 2.24) is 30.7 Å². The van der Waals surface area contributed by atoms with Gasteiger partial charge in [0.15, 0.2) is 17.3 Å². The minimum absolute atomic E-state index is 0.00629. The fourth-order valence-electron chi connectivity index (χ4n) is 9.06. The van der Waals surface area contributed by atoms with Crippen LogP contribution in [0.3, 0.4) is 0 Å². The van der Waals surface area contributed by atoms with E-state index in [9.17, 15) is 23.3 Å². The van der Waals surface area contributed by atoms with Gasteiger partial charge in [0, 0.05) is 70.6 Å². The highest BCUT2D eigenvalue weighted by Gasteiger charge is 2.28. The second-order valence-corrected chi connectivity index (χ2v) is 19.7. The zero-order chi connectivity index (χ0) is 52.8. The Bertz CT molecular complexity index is 2660. The molecule has 3 aliphatic rings. The topological polar surface area (TPSA) is 130 Å². The van der Waals surface area contributed by atoms with Gasteiger partial charge in [-0.05, 0) is 116 Å². The molecule has 17 heteroatoms. The lowest BCUT2D eigenvalue weighted by atomic mass is 9.81. The SMILES string of the molecule is CN/C(=C/[N+](=O)[O-])NCCSCc1ccc(CN(C)C)o1.Fc1ccc(C(c2ccc(F)cc2)N2CCN(C/C=C/c3ccccc3)CC2)cc1.Fc1ccc([C@@H]2CCNC[C@H]2COc2ccc3c(c2)OCO3)cc1. The van der Waals surface area contributed by atoms with Gasteiger partial charge in [-0.1, -0.05) is 78.9 Å². The van der Waals surface area contributed by atoms with Gasteiger partial charge in [-0.3, -0.25) is 19.9 Å². The van der Waals surface area contributed by atoms with Crippen molar-refractivity contribution in [3.8, 4) is 17.2 Å². The fourth-order valence-corrected chi connectivity index (χ4v) is 9.81. The van der Waals surface area contributed by atoms with E-state index in [0.29, 0.717) is 30.8 Å². The number of ether oxygens (including phenoxy) is 3. The third kappa shape index (κ3) is 18.2. The van der Waals surface area contributed by atoms with E-state index in [1.165, 1.54) is 47.5 Å². The van der Waals surface area contributed by atoms with Crippen LogP contribution in [-0.4, -0.2) is 112 Å². The first-order chi connectivity index (χ1) is 36.5. The Hall–Kier alpha value is -6.76. The maximum atomic E-state index is 13.5. The largest absolute Gasteiger partial charge is 0.493 e. The molecular formula is C58H68F3N7O6S. The van der Waals surface area contributed by atoms with Gasteiger partial charge in [-0.2, -0.15) is 11.8 Å². The van der Waals surface area contributed by atoms with Gasteiger partial charge in [-0.25, -0.2) is 13.2 Å². The molecule has 0 spiro atoms. The van der Waals surface area contributed by atoms with E-state index in [0.717, 1.165) is 116 Å². The van der Waals surface area contributed by atoms with E-state index in [1.807, 2.05) is 99.0 Å². The number of halogens is 3. The third-order valence-electron chi connectivity index (χ3n) is 12.8. The molecule has 0 aliphatic carbocycles.